The van der Waals surface area contributed by atoms with Crippen LogP contribution in [0, 0.1) is 22.7 Å². The van der Waals surface area contributed by atoms with E-state index in [0.29, 0.717) is 17.7 Å². The third kappa shape index (κ3) is 2.65. The van der Waals surface area contributed by atoms with Crippen molar-refractivity contribution < 1.29 is 24.3 Å². The fourth-order valence-electron chi connectivity index (χ4n) is 5.59. The van der Waals surface area contributed by atoms with E-state index in [-0.39, 0.29) is 24.2 Å². The third-order valence-electron chi connectivity index (χ3n) is 6.94. The minimum absolute atomic E-state index is 0.129. The molecule has 3 aliphatic rings. The fourth-order valence-corrected chi connectivity index (χ4v) is 5.59. The molecule has 154 valence electrons. The zero-order chi connectivity index (χ0) is 21.0. The monoisotopic (exact) mass is 407 g/mol. The molecule has 2 aromatic rings. The number of nitroso groups, excluding NO2 is 1. The quantitative estimate of drug-likeness (QED) is 0.739. The molecular weight excluding hydrogens is 384 g/mol. The minimum atomic E-state index is -1.20. The highest BCUT2D eigenvalue weighted by Gasteiger charge is 2.71. The van der Waals surface area contributed by atoms with Crippen molar-refractivity contribution in [2.75, 3.05) is 6.54 Å². The van der Waals surface area contributed by atoms with Crippen molar-refractivity contribution in [2.45, 2.75) is 31.2 Å². The van der Waals surface area contributed by atoms with Gasteiger partial charge in [-0.25, -0.2) is 0 Å². The van der Waals surface area contributed by atoms with Gasteiger partial charge < -0.3 is 9.84 Å². The predicted molar refractivity (Wildman–Crippen MR) is 107 cm³/mol. The van der Waals surface area contributed by atoms with Crippen LogP contribution in [0.25, 0.3) is 0 Å². The molecule has 2 N–H and O–H groups in total. The maximum absolute atomic E-state index is 13.2. The van der Waals surface area contributed by atoms with Gasteiger partial charge in [-0.1, -0.05) is 49.7 Å². The van der Waals surface area contributed by atoms with Gasteiger partial charge in [0.25, 0.3) is 6.54 Å². The number of ketones is 1. The molecule has 0 spiro atoms. The Hall–Kier alpha value is -3.22. The van der Waals surface area contributed by atoms with Gasteiger partial charge in [-0.15, -0.1) is 5.43 Å². The number of hydrogen-bond acceptors (Lipinski definition) is 4. The Labute approximate surface area is 173 Å². The Bertz CT molecular complexity index is 1020. The minimum Gasteiger partial charge on any atom is -0.481 e. The number of nitrogens with zero attached hydrogens (tertiary/aromatic N) is 1. The van der Waals surface area contributed by atoms with Crippen molar-refractivity contribution in [3.8, 4) is 11.5 Å². The number of carboxylic acid groups (broad SMARTS) is 1. The maximum Gasteiger partial charge on any atom is 0.307 e. The number of carbonyl (C=O) groups excluding carboxylic acids is 1. The van der Waals surface area contributed by atoms with E-state index in [0.717, 1.165) is 22.6 Å². The summed E-state index contributed by atoms with van der Waals surface area (Å²) in [6.07, 6.45) is 0.963. The van der Waals surface area contributed by atoms with Crippen LogP contribution in [-0.2, 0) is 9.59 Å². The normalized spacial score (nSPS) is 29.6. The zero-order valence-corrected chi connectivity index (χ0v) is 16.6. The number of carbonyl (C=O) groups is 2. The first-order chi connectivity index (χ1) is 14.5. The predicted octanol–water partition coefficient (Wildman–Crippen LogP) is 3.28. The smallest absolute Gasteiger partial charge is 0.307 e. The lowest BCUT2D eigenvalue weighted by Crippen LogP contribution is -2.51. The van der Waals surface area contributed by atoms with Crippen LogP contribution >= 0.6 is 0 Å². The second kappa shape index (κ2) is 6.65. The summed E-state index contributed by atoms with van der Waals surface area (Å²) in [7, 11) is 0. The van der Waals surface area contributed by atoms with Gasteiger partial charge in [0.15, 0.2) is 5.54 Å². The van der Waals surface area contributed by atoms with E-state index in [1.165, 1.54) is 0 Å². The summed E-state index contributed by atoms with van der Waals surface area (Å²) in [6.45, 7) is 1.66. The highest BCUT2D eigenvalue weighted by atomic mass is 16.5. The number of Topliss-reactive ketones (excluding diaryl/α,β-unsaturated/α-hetero) is 1. The van der Waals surface area contributed by atoms with Crippen LogP contribution in [0.4, 0.5) is 0 Å². The zero-order valence-electron chi connectivity index (χ0n) is 16.6. The number of hydrogen-bond donors (Lipinski definition) is 2. The summed E-state index contributed by atoms with van der Waals surface area (Å²) in [4.78, 5) is 37.8. The number of rotatable bonds is 5. The molecule has 1 aliphatic carbocycles. The molecule has 5 rings (SSSR count). The number of ether oxygens (including phenoxy) is 1. The summed E-state index contributed by atoms with van der Waals surface area (Å²) in [5, 5.41) is 9.72. The lowest BCUT2D eigenvalue weighted by atomic mass is 9.74. The Morgan fingerprint density at radius 2 is 1.77 bits per heavy atom. The van der Waals surface area contributed by atoms with E-state index in [2.05, 4.69) is 5.43 Å². The maximum atomic E-state index is 13.2. The lowest BCUT2D eigenvalue weighted by molar-refractivity contribution is -0.591. The molecule has 7 heteroatoms. The van der Waals surface area contributed by atoms with Crippen molar-refractivity contribution in [3.05, 3.63) is 64.6 Å². The van der Waals surface area contributed by atoms with Crippen LogP contribution in [0.15, 0.2) is 48.5 Å². The molecule has 2 aromatic carbocycles. The first-order valence-corrected chi connectivity index (χ1v) is 10.3. The van der Waals surface area contributed by atoms with Crippen LogP contribution in [0.3, 0.4) is 0 Å². The number of benzene rings is 2. The summed E-state index contributed by atoms with van der Waals surface area (Å²) in [5.41, 5.74) is 3.54. The van der Waals surface area contributed by atoms with Gasteiger partial charge in [0.1, 0.15) is 16.4 Å². The highest BCUT2D eigenvalue weighted by Crippen LogP contribution is 2.59. The number of carboxylic acids is 1. The number of aliphatic carboxylic acids is 1. The van der Waals surface area contributed by atoms with Crippen molar-refractivity contribution in [3.63, 3.8) is 0 Å². The van der Waals surface area contributed by atoms with Gasteiger partial charge in [-0.2, -0.15) is 0 Å². The van der Waals surface area contributed by atoms with E-state index < -0.39 is 23.3 Å². The molecule has 7 nitrogen and oxygen atoms in total. The highest BCUT2D eigenvalue weighted by molar-refractivity contribution is 5.93. The van der Waals surface area contributed by atoms with Gasteiger partial charge in [0.2, 0.25) is 5.78 Å². The molecule has 0 aromatic heterocycles. The number of hydrazine groups is 1. The summed E-state index contributed by atoms with van der Waals surface area (Å²) in [6, 6.07) is 15.4. The summed E-state index contributed by atoms with van der Waals surface area (Å²) >= 11 is 0. The van der Waals surface area contributed by atoms with Gasteiger partial charge >= 0.3 is 5.97 Å². The molecule has 0 radical (unpaired) electrons. The first kappa shape index (κ1) is 18.8. The molecule has 4 atom stereocenters. The largest absolute Gasteiger partial charge is 0.481 e. The Kier molecular flexibility index (Phi) is 4.17. The van der Waals surface area contributed by atoms with E-state index in [1.54, 1.807) is 0 Å². The van der Waals surface area contributed by atoms with Crippen molar-refractivity contribution in [2.24, 2.45) is 17.8 Å². The Morgan fingerprint density at radius 1 is 1.17 bits per heavy atom. The molecular formula is C23H23N2O5+. The van der Waals surface area contributed by atoms with Crippen molar-refractivity contribution in [1.29, 1.82) is 0 Å². The number of para-hydroxylation sites is 2. The van der Waals surface area contributed by atoms with E-state index >= 15 is 0 Å². The molecule has 30 heavy (non-hydrogen) atoms. The van der Waals surface area contributed by atoms with Gasteiger partial charge in [-0.05, 0) is 24.5 Å². The second-order valence-corrected chi connectivity index (χ2v) is 8.44. The standard InChI is InChI=1S/C23H22N2O5/c1-2-13-20(22(27)28)21(13)23(19(26)12-25(29)24-23)11-16-14-7-3-5-9-17(14)30-18-10-6-4-8-15(16)18/h3-10,13,16,20-21H,2,11-12H2,1H3,(H-,24,27,28,29)/p+1. The van der Waals surface area contributed by atoms with Gasteiger partial charge in [0.05, 0.1) is 10.8 Å². The lowest BCUT2D eigenvalue weighted by Gasteiger charge is -2.33. The third-order valence-corrected chi connectivity index (χ3v) is 6.94. The van der Waals surface area contributed by atoms with Crippen LogP contribution < -0.4 is 10.2 Å². The molecule has 0 bridgehead atoms. The second-order valence-electron chi connectivity index (χ2n) is 8.44. The van der Waals surface area contributed by atoms with Crippen LogP contribution in [-0.4, -0.2) is 33.8 Å². The summed E-state index contributed by atoms with van der Waals surface area (Å²) < 4.78 is 6.06. The van der Waals surface area contributed by atoms with E-state index in [9.17, 15) is 19.6 Å². The molecule has 0 amide bonds. The Balaban J connectivity index is 1.61. The average molecular weight is 407 g/mol. The number of fused-ring (bicyclic) bond motifs is 2. The average Bonchev–Trinajstić information content (AvgIpc) is 3.41. The summed E-state index contributed by atoms with van der Waals surface area (Å²) in [5.74, 6) is -1.05. The molecule has 2 aliphatic heterocycles. The number of nitrogens with one attached hydrogen (secondary N) is 1. The van der Waals surface area contributed by atoms with Crippen molar-refractivity contribution >= 4 is 11.8 Å². The van der Waals surface area contributed by atoms with Gasteiger partial charge in [0, 0.05) is 23.0 Å². The van der Waals surface area contributed by atoms with Crippen LogP contribution in [0.2, 0.25) is 0 Å². The first-order valence-electron chi connectivity index (χ1n) is 10.3. The molecule has 1 saturated carbocycles. The SMILES string of the molecule is CCC1C(C(=O)O)C1C1(CC2c3ccccc3Oc3ccccc32)N[N+](=O)CC1=O. The fraction of sp³-hybridized carbons (Fsp3) is 0.391. The van der Waals surface area contributed by atoms with Gasteiger partial charge in [-0.3, -0.25) is 9.59 Å². The molecule has 4 unspecified atom stereocenters. The van der Waals surface area contributed by atoms with E-state index in [1.807, 2.05) is 55.5 Å². The van der Waals surface area contributed by atoms with Crippen molar-refractivity contribution in [1.82, 2.24) is 5.43 Å². The molecule has 2 fully saturated rings. The van der Waals surface area contributed by atoms with E-state index in [4.69, 9.17) is 4.74 Å². The molecule has 1 saturated heterocycles. The molecule has 2 heterocycles. The topological polar surface area (TPSA) is 95.7 Å². The Morgan fingerprint density at radius 3 is 2.23 bits per heavy atom. The van der Waals surface area contributed by atoms with Crippen LogP contribution in [0.1, 0.15) is 36.8 Å². The van der Waals surface area contributed by atoms with Crippen LogP contribution in [0.5, 0.6) is 11.5 Å².